The summed E-state index contributed by atoms with van der Waals surface area (Å²) in [4.78, 5) is 39.5. The normalized spacial score (nSPS) is 16.1. The standard InChI is InChI=1S/C22H21FN2O4/c23-19-8-7-17(22(28)29)18-13-25(11-9-16(18)19)21(27)15-5-3-14(4-6-15)12-24-10-1-2-20(24)26/h3-8H,1-2,9-13H2,(H,28,29). The zero-order valence-corrected chi connectivity index (χ0v) is 15.9. The number of carboxylic acids is 1. The van der Waals surface area contributed by atoms with E-state index in [4.69, 9.17) is 0 Å². The van der Waals surface area contributed by atoms with E-state index in [2.05, 4.69) is 0 Å². The van der Waals surface area contributed by atoms with E-state index < -0.39 is 11.8 Å². The topological polar surface area (TPSA) is 77.9 Å². The molecule has 1 fully saturated rings. The van der Waals surface area contributed by atoms with E-state index in [1.54, 1.807) is 21.9 Å². The lowest BCUT2D eigenvalue weighted by Crippen LogP contribution is -2.37. The van der Waals surface area contributed by atoms with Crippen LogP contribution in [0, 0.1) is 5.82 Å². The molecular weight excluding hydrogens is 375 g/mol. The molecule has 2 heterocycles. The van der Waals surface area contributed by atoms with Crippen LogP contribution in [0.25, 0.3) is 0 Å². The van der Waals surface area contributed by atoms with E-state index in [1.165, 1.54) is 12.1 Å². The molecule has 150 valence electrons. The largest absolute Gasteiger partial charge is 0.478 e. The lowest BCUT2D eigenvalue weighted by Gasteiger charge is -2.30. The van der Waals surface area contributed by atoms with Crippen molar-refractivity contribution >= 4 is 17.8 Å². The number of carbonyl (C=O) groups is 3. The maximum atomic E-state index is 14.1. The van der Waals surface area contributed by atoms with E-state index in [0.29, 0.717) is 36.2 Å². The maximum absolute atomic E-state index is 14.1. The van der Waals surface area contributed by atoms with Crippen LogP contribution >= 0.6 is 0 Å². The van der Waals surface area contributed by atoms with E-state index in [9.17, 15) is 23.9 Å². The van der Waals surface area contributed by atoms with Gasteiger partial charge in [-0.2, -0.15) is 0 Å². The number of carboxylic acid groups (broad SMARTS) is 1. The molecule has 0 saturated carbocycles. The Kier molecular flexibility index (Phi) is 5.05. The van der Waals surface area contributed by atoms with E-state index in [1.807, 2.05) is 12.1 Å². The highest BCUT2D eigenvalue weighted by molar-refractivity contribution is 5.95. The number of nitrogens with zero attached hydrogens (tertiary/aromatic N) is 2. The highest BCUT2D eigenvalue weighted by atomic mass is 19.1. The molecule has 29 heavy (non-hydrogen) atoms. The molecule has 0 aromatic heterocycles. The second-order valence-corrected chi connectivity index (χ2v) is 7.45. The summed E-state index contributed by atoms with van der Waals surface area (Å²) in [5, 5.41) is 9.39. The third-order valence-electron chi connectivity index (χ3n) is 5.62. The average Bonchev–Trinajstić information content (AvgIpc) is 3.12. The molecule has 2 aliphatic heterocycles. The predicted octanol–water partition coefficient (Wildman–Crippen LogP) is 2.84. The molecule has 2 aromatic rings. The van der Waals surface area contributed by atoms with Crippen LogP contribution in [0.4, 0.5) is 4.39 Å². The number of benzene rings is 2. The number of rotatable bonds is 4. The van der Waals surface area contributed by atoms with Crippen molar-refractivity contribution in [2.24, 2.45) is 0 Å². The minimum Gasteiger partial charge on any atom is -0.478 e. The van der Waals surface area contributed by atoms with Gasteiger partial charge in [-0.15, -0.1) is 0 Å². The molecule has 7 heteroatoms. The van der Waals surface area contributed by atoms with Crippen molar-refractivity contribution in [3.63, 3.8) is 0 Å². The van der Waals surface area contributed by atoms with Crippen LogP contribution < -0.4 is 0 Å². The number of hydrogen-bond acceptors (Lipinski definition) is 3. The van der Waals surface area contributed by atoms with Gasteiger partial charge in [0, 0.05) is 38.2 Å². The fourth-order valence-corrected chi connectivity index (χ4v) is 4.03. The summed E-state index contributed by atoms with van der Waals surface area (Å²) in [5.41, 5.74) is 2.21. The van der Waals surface area contributed by atoms with Gasteiger partial charge in [-0.3, -0.25) is 9.59 Å². The molecule has 0 radical (unpaired) electrons. The number of halogens is 1. The number of likely N-dealkylation sites (tertiary alicyclic amines) is 1. The van der Waals surface area contributed by atoms with Gasteiger partial charge in [0.05, 0.1) is 5.56 Å². The lowest BCUT2D eigenvalue weighted by atomic mass is 9.93. The molecule has 2 aliphatic rings. The van der Waals surface area contributed by atoms with Crippen LogP contribution in [0.2, 0.25) is 0 Å². The van der Waals surface area contributed by atoms with Crippen LogP contribution in [-0.4, -0.2) is 45.8 Å². The molecule has 1 saturated heterocycles. The van der Waals surface area contributed by atoms with E-state index >= 15 is 0 Å². The van der Waals surface area contributed by atoms with Crippen LogP contribution in [0.15, 0.2) is 36.4 Å². The molecule has 0 unspecified atom stereocenters. The predicted molar refractivity (Wildman–Crippen MR) is 103 cm³/mol. The molecule has 0 bridgehead atoms. The Morgan fingerprint density at radius 2 is 1.76 bits per heavy atom. The first kappa shape index (κ1) is 19.1. The number of hydrogen-bond donors (Lipinski definition) is 1. The summed E-state index contributed by atoms with van der Waals surface area (Å²) in [6.07, 6.45) is 1.75. The Morgan fingerprint density at radius 1 is 1.00 bits per heavy atom. The number of aromatic carboxylic acids is 1. The molecule has 0 aliphatic carbocycles. The van der Waals surface area contributed by atoms with Gasteiger partial charge in [0.25, 0.3) is 5.91 Å². The van der Waals surface area contributed by atoms with Crippen LogP contribution in [0.5, 0.6) is 0 Å². The summed E-state index contributed by atoms with van der Waals surface area (Å²) in [7, 11) is 0. The van der Waals surface area contributed by atoms with Crippen molar-refractivity contribution in [2.75, 3.05) is 13.1 Å². The number of carbonyl (C=O) groups excluding carboxylic acids is 2. The van der Waals surface area contributed by atoms with Crippen LogP contribution in [0.1, 0.15) is 50.2 Å². The minimum absolute atomic E-state index is 0.0320. The monoisotopic (exact) mass is 396 g/mol. The van der Waals surface area contributed by atoms with Gasteiger partial charge in [0.2, 0.25) is 5.91 Å². The molecular formula is C22H21FN2O4. The van der Waals surface area contributed by atoms with Gasteiger partial charge in [0.1, 0.15) is 5.82 Å². The molecule has 2 amide bonds. The van der Waals surface area contributed by atoms with Gasteiger partial charge < -0.3 is 14.9 Å². The lowest BCUT2D eigenvalue weighted by molar-refractivity contribution is -0.128. The summed E-state index contributed by atoms with van der Waals surface area (Å²) >= 11 is 0. The minimum atomic E-state index is -1.13. The smallest absolute Gasteiger partial charge is 0.336 e. The SMILES string of the molecule is O=C(O)c1ccc(F)c2c1CN(C(=O)c1ccc(CN3CCCC3=O)cc1)CC2. The van der Waals surface area contributed by atoms with Gasteiger partial charge in [-0.25, -0.2) is 9.18 Å². The highest BCUT2D eigenvalue weighted by Crippen LogP contribution is 2.26. The Bertz CT molecular complexity index is 987. The van der Waals surface area contributed by atoms with Crippen molar-refractivity contribution in [3.8, 4) is 0 Å². The van der Waals surface area contributed by atoms with Crippen molar-refractivity contribution in [1.82, 2.24) is 9.80 Å². The fourth-order valence-electron chi connectivity index (χ4n) is 4.03. The molecule has 2 aromatic carbocycles. The van der Waals surface area contributed by atoms with Crippen molar-refractivity contribution in [1.29, 1.82) is 0 Å². The van der Waals surface area contributed by atoms with Crippen LogP contribution in [0.3, 0.4) is 0 Å². The fraction of sp³-hybridized carbons (Fsp3) is 0.318. The van der Waals surface area contributed by atoms with Gasteiger partial charge in [-0.05, 0) is 53.8 Å². The average molecular weight is 396 g/mol. The molecule has 0 atom stereocenters. The van der Waals surface area contributed by atoms with Crippen LogP contribution in [-0.2, 0) is 24.3 Å². The Balaban J connectivity index is 1.50. The Hall–Kier alpha value is -3.22. The number of fused-ring (bicyclic) bond motifs is 1. The molecule has 6 nitrogen and oxygen atoms in total. The summed E-state index contributed by atoms with van der Waals surface area (Å²) in [5.74, 6) is -1.63. The quantitative estimate of drug-likeness (QED) is 0.862. The Labute approximate surface area is 167 Å². The maximum Gasteiger partial charge on any atom is 0.336 e. The zero-order chi connectivity index (χ0) is 20.5. The Morgan fingerprint density at radius 3 is 2.41 bits per heavy atom. The third kappa shape index (κ3) is 3.72. The van der Waals surface area contributed by atoms with E-state index in [0.717, 1.165) is 18.5 Å². The summed E-state index contributed by atoms with van der Waals surface area (Å²) in [6, 6.07) is 9.52. The third-order valence-corrected chi connectivity index (χ3v) is 5.62. The molecule has 4 rings (SSSR count). The molecule has 1 N–H and O–H groups in total. The first-order valence-electron chi connectivity index (χ1n) is 9.63. The summed E-state index contributed by atoms with van der Waals surface area (Å²) in [6.45, 7) is 1.69. The first-order chi connectivity index (χ1) is 13.9. The first-order valence-corrected chi connectivity index (χ1v) is 9.63. The van der Waals surface area contributed by atoms with Crippen molar-refractivity contribution < 1.29 is 23.9 Å². The van der Waals surface area contributed by atoms with Gasteiger partial charge in [0.15, 0.2) is 0 Å². The highest BCUT2D eigenvalue weighted by Gasteiger charge is 2.27. The van der Waals surface area contributed by atoms with E-state index in [-0.39, 0.29) is 30.3 Å². The number of amides is 2. The van der Waals surface area contributed by atoms with Crippen molar-refractivity contribution in [3.05, 3.63) is 70.0 Å². The summed E-state index contributed by atoms with van der Waals surface area (Å²) < 4.78 is 14.1. The van der Waals surface area contributed by atoms with Gasteiger partial charge >= 0.3 is 5.97 Å². The second-order valence-electron chi connectivity index (χ2n) is 7.45. The molecule has 0 spiro atoms. The van der Waals surface area contributed by atoms with Gasteiger partial charge in [-0.1, -0.05) is 12.1 Å². The zero-order valence-electron chi connectivity index (χ0n) is 15.9. The van der Waals surface area contributed by atoms with Crippen molar-refractivity contribution in [2.45, 2.75) is 32.4 Å². The second kappa shape index (κ2) is 7.66.